The Labute approximate surface area is 112 Å². The first kappa shape index (κ1) is 13.0. The van der Waals surface area contributed by atoms with Gasteiger partial charge in [0.1, 0.15) is 17.2 Å². The Morgan fingerprint density at radius 2 is 1.47 bits per heavy atom. The van der Waals surface area contributed by atoms with Crippen molar-refractivity contribution in [2.45, 2.75) is 0 Å². The van der Waals surface area contributed by atoms with Gasteiger partial charge in [-0.25, -0.2) is 0 Å². The highest BCUT2D eigenvalue weighted by Crippen LogP contribution is 2.25. The van der Waals surface area contributed by atoms with E-state index in [9.17, 15) is 5.11 Å². The average Bonchev–Trinajstić information content (AvgIpc) is 2.46. The predicted octanol–water partition coefficient (Wildman–Crippen LogP) is 3.58. The van der Waals surface area contributed by atoms with E-state index in [1.54, 1.807) is 20.3 Å². The molecule has 98 valence electrons. The first-order valence-corrected chi connectivity index (χ1v) is 5.92. The number of aromatic hydroxyl groups is 1. The van der Waals surface area contributed by atoms with Crippen LogP contribution in [-0.4, -0.2) is 19.3 Å². The molecule has 0 spiro atoms. The van der Waals surface area contributed by atoms with Crippen molar-refractivity contribution in [3.63, 3.8) is 0 Å². The number of phenols is 1. The zero-order valence-corrected chi connectivity index (χ0v) is 11.0. The van der Waals surface area contributed by atoms with Gasteiger partial charge in [0.25, 0.3) is 0 Å². The van der Waals surface area contributed by atoms with Gasteiger partial charge in [-0.05, 0) is 29.8 Å². The van der Waals surface area contributed by atoms with Gasteiger partial charge in [0, 0.05) is 11.6 Å². The SMILES string of the molecule is COc1ccc(/C=C/c2ccc(OC)cc2O)cc1. The number of methoxy groups -OCH3 is 2. The van der Waals surface area contributed by atoms with E-state index in [1.807, 2.05) is 48.6 Å². The van der Waals surface area contributed by atoms with Crippen molar-refractivity contribution >= 4 is 12.2 Å². The van der Waals surface area contributed by atoms with Crippen LogP contribution >= 0.6 is 0 Å². The minimum absolute atomic E-state index is 0.198. The van der Waals surface area contributed by atoms with Gasteiger partial charge in [-0.15, -0.1) is 0 Å². The second-order valence-electron chi connectivity index (χ2n) is 4.03. The summed E-state index contributed by atoms with van der Waals surface area (Å²) >= 11 is 0. The second-order valence-corrected chi connectivity index (χ2v) is 4.03. The Hall–Kier alpha value is -2.42. The van der Waals surface area contributed by atoms with Crippen LogP contribution in [0.3, 0.4) is 0 Å². The maximum absolute atomic E-state index is 9.83. The summed E-state index contributed by atoms with van der Waals surface area (Å²) in [6.07, 6.45) is 3.79. The zero-order chi connectivity index (χ0) is 13.7. The Balaban J connectivity index is 2.17. The van der Waals surface area contributed by atoms with Crippen LogP contribution in [0.5, 0.6) is 17.2 Å². The molecule has 0 aliphatic carbocycles. The van der Waals surface area contributed by atoms with Crippen molar-refractivity contribution < 1.29 is 14.6 Å². The lowest BCUT2D eigenvalue weighted by Crippen LogP contribution is -1.83. The maximum atomic E-state index is 9.83. The first-order valence-electron chi connectivity index (χ1n) is 5.92. The first-order chi connectivity index (χ1) is 9.22. The minimum Gasteiger partial charge on any atom is -0.507 e. The average molecular weight is 256 g/mol. The smallest absolute Gasteiger partial charge is 0.126 e. The van der Waals surface area contributed by atoms with Crippen LogP contribution in [-0.2, 0) is 0 Å². The molecule has 2 rings (SSSR count). The maximum Gasteiger partial charge on any atom is 0.126 e. The number of phenolic OH excluding ortho intramolecular Hbond substituents is 1. The summed E-state index contributed by atoms with van der Waals surface area (Å²) in [6, 6.07) is 12.9. The molecular weight excluding hydrogens is 240 g/mol. The molecule has 3 nitrogen and oxygen atoms in total. The van der Waals surface area contributed by atoms with Crippen molar-refractivity contribution in [2.75, 3.05) is 14.2 Å². The van der Waals surface area contributed by atoms with E-state index in [2.05, 4.69) is 0 Å². The molecular formula is C16H16O3. The number of benzene rings is 2. The molecule has 0 aliphatic rings. The summed E-state index contributed by atoms with van der Waals surface area (Å²) in [6.45, 7) is 0. The van der Waals surface area contributed by atoms with Crippen molar-refractivity contribution in [2.24, 2.45) is 0 Å². The van der Waals surface area contributed by atoms with Crippen molar-refractivity contribution in [3.05, 3.63) is 53.6 Å². The monoisotopic (exact) mass is 256 g/mol. The van der Waals surface area contributed by atoms with Crippen LogP contribution < -0.4 is 9.47 Å². The highest BCUT2D eigenvalue weighted by molar-refractivity contribution is 5.73. The zero-order valence-electron chi connectivity index (χ0n) is 11.0. The van der Waals surface area contributed by atoms with E-state index >= 15 is 0 Å². The molecule has 0 aromatic heterocycles. The Morgan fingerprint density at radius 1 is 0.842 bits per heavy atom. The van der Waals surface area contributed by atoms with E-state index in [4.69, 9.17) is 9.47 Å². The van der Waals surface area contributed by atoms with Gasteiger partial charge in [0.2, 0.25) is 0 Å². The quantitative estimate of drug-likeness (QED) is 0.850. The Morgan fingerprint density at radius 3 is 2.05 bits per heavy atom. The Bertz CT molecular complexity index is 571. The fourth-order valence-electron chi connectivity index (χ4n) is 1.69. The van der Waals surface area contributed by atoms with Gasteiger partial charge < -0.3 is 14.6 Å². The molecule has 1 N–H and O–H groups in total. The molecule has 2 aromatic carbocycles. The van der Waals surface area contributed by atoms with Gasteiger partial charge in [-0.1, -0.05) is 24.3 Å². The molecule has 0 saturated carbocycles. The molecule has 0 unspecified atom stereocenters. The Kier molecular flexibility index (Phi) is 4.08. The van der Waals surface area contributed by atoms with E-state index in [-0.39, 0.29) is 5.75 Å². The predicted molar refractivity (Wildman–Crippen MR) is 76.6 cm³/mol. The molecule has 19 heavy (non-hydrogen) atoms. The van der Waals surface area contributed by atoms with Crippen LogP contribution in [0.1, 0.15) is 11.1 Å². The van der Waals surface area contributed by atoms with Gasteiger partial charge in [0.05, 0.1) is 14.2 Å². The molecule has 0 amide bonds. The van der Waals surface area contributed by atoms with Crippen molar-refractivity contribution in [1.82, 2.24) is 0 Å². The van der Waals surface area contributed by atoms with Crippen LogP contribution in [0.4, 0.5) is 0 Å². The van der Waals surface area contributed by atoms with E-state index < -0.39 is 0 Å². The number of hydrogen-bond donors (Lipinski definition) is 1. The molecule has 0 fully saturated rings. The van der Waals surface area contributed by atoms with Crippen LogP contribution in [0.25, 0.3) is 12.2 Å². The third-order valence-electron chi connectivity index (χ3n) is 2.81. The number of rotatable bonds is 4. The summed E-state index contributed by atoms with van der Waals surface area (Å²) in [4.78, 5) is 0. The molecule has 0 saturated heterocycles. The number of ether oxygens (including phenoxy) is 2. The van der Waals surface area contributed by atoms with E-state index in [0.717, 1.165) is 16.9 Å². The van der Waals surface area contributed by atoms with Crippen molar-refractivity contribution in [3.8, 4) is 17.2 Å². The molecule has 2 aromatic rings. The van der Waals surface area contributed by atoms with Gasteiger partial charge in [-0.2, -0.15) is 0 Å². The molecule has 0 heterocycles. The topological polar surface area (TPSA) is 38.7 Å². The summed E-state index contributed by atoms with van der Waals surface area (Å²) in [5, 5.41) is 9.83. The highest BCUT2D eigenvalue weighted by Gasteiger charge is 1.99. The summed E-state index contributed by atoms with van der Waals surface area (Å²) in [5.41, 5.74) is 1.78. The summed E-state index contributed by atoms with van der Waals surface area (Å²) in [5.74, 6) is 1.66. The lowest BCUT2D eigenvalue weighted by atomic mass is 10.1. The molecule has 0 bridgehead atoms. The molecule has 0 radical (unpaired) electrons. The molecule has 0 atom stereocenters. The molecule has 0 aliphatic heterocycles. The van der Waals surface area contributed by atoms with Crippen molar-refractivity contribution in [1.29, 1.82) is 0 Å². The lowest BCUT2D eigenvalue weighted by molar-refractivity contribution is 0.407. The lowest BCUT2D eigenvalue weighted by Gasteiger charge is -2.03. The van der Waals surface area contributed by atoms with Gasteiger partial charge in [-0.3, -0.25) is 0 Å². The standard InChI is InChI=1S/C16H16O3/c1-18-14-8-4-12(5-9-14)3-6-13-7-10-15(19-2)11-16(13)17/h3-11,17H,1-2H3/b6-3+. The van der Waals surface area contributed by atoms with Gasteiger partial charge in [0.15, 0.2) is 0 Å². The van der Waals surface area contributed by atoms with Gasteiger partial charge >= 0.3 is 0 Å². The van der Waals surface area contributed by atoms with Crippen LogP contribution in [0, 0.1) is 0 Å². The van der Waals surface area contributed by atoms with Crippen LogP contribution in [0.2, 0.25) is 0 Å². The normalized spacial score (nSPS) is 10.6. The third-order valence-corrected chi connectivity index (χ3v) is 2.81. The molecule has 3 heteroatoms. The highest BCUT2D eigenvalue weighted by atomic mass is 16.5. The fourth-order valence-corrected chi connectivity index (χ4v) is 1.69. The second kappa shape index (κ2) is 5.96. The van der Waals surface area contributed by atoms with E-state index in [0.29, 0.717) is 5.75 Å². The van der Waals surface area contributed by atoms with Crippen LogP contribution in [0.15, 0.2) is 42.5 Å². The van der Waals surface area contributed by atoms with E-state index in [1.165, 1.54) is 0 Å². The minimum atomic E-state index is 0.198. The third kappa shape index (κ3) is 3.28. The summed E-state index contributed by atoms with van der Waals surface area (Å²) < 4.78 is 10.1. The fraction of sp³-hybridized carbons (Fsp3) is 0.125. The summed E-state index contributed by atoms with van der Waals surface area (Å²) in [7, 11) is 3.21. The number of hydrogen-bond acceptors (Lipinski definition) is 3. The largest absolute Gasteiger partial charge is 0.507 e.